The van der Waals surface area contributed by atoms with Crippen LogP contribution in [-0.2, 0) is 4.74 Å². The molecule has 0 aromatic carbocycles. The normalized spacial score (nSPS) is 19.7. The molecule has 0 unspecified atom stereocenters. The number of carbonyl (C=O) groups is 1. The molecular weight excluding hydrogens is 244 g/mol. The van der Waals surface area contributed by atoms with Crippen molar-refractivity contribution in [3.63, 3.8) is 0 Å². The van der Waals surface area contributed by atoms with Gasteiger partial charge in [0.05, 0.1) is 6.10 Å². The summed E-state index contributed by atoms with van der Waals surface area (Å²) in [6, 6.07) is 1.73. The lowest BCUT2D eigenvalue weighted by Crippen LogP contribution is -2.37. The van der Waals surface area contributed by atoms with Gasteiger partial charge in [0.25, 0.3) is 5.91 Å². The Morgan fingerprint density at radius 1 is 1.53 bits per heavy atom. The third-order valence-corrected chi connectivity index (χ3v) is 3.41. The summed E-state index contributed by atoms with van der Waals surface area (Å²) in [6.07, 6.45) is 3.47. The molecule has 1 fully saturated rings. The van der Waals surface area contributed by atoms with Crippen molar-refractivity contribution in [1.82, 2.24) is 10.1 Å². The summed E-state index contributed by atoms with van der Waals surface area (Å²) in [7, 11) is 1.78. The van der Waals surface area contributed by atoms with E-state index in [9.17, 15) is 4.79 Å². The molecule has 1 aromatic rings. The van der Waals surface area contributed by atoms with Gasteiger partial charge in [-0.05, 0) is 19.3 Å². The van der Waals surface area contributed by atoms with Crippen molar-refractivity contribution < 1.29 is 14.1 Å². The minimum Gasteiger partial charge on any atom is -0.376 e. The minimum absolute atomic E-state index is 0.107. The second-order valence-corrected chi connectivity index (χ2v) is 5.44. The molecule has 1 aliphatic rings. The van der Waals surface area contributed by atoms with Crippen molar-refractivity contribution >= 4 is 5.91 Å². The monoisotopic (exact) mass is 266 g/mol. The van der Waals surface area contributed by atoms with Gasteiger partial charge in [-0.3, -0.25) is 4.79 Å². The van der Waals surface area contributed by atoms with Crippen molar-refractivity contribution in [2.75, 3.05) is 20.2 Å². The molecule has 5 nitrogen and oxygen atoms in total. The molecule has 1 atom stereocenters. The van der Waals surface area contributed by atoms with Gasteiger partial charge in [0, 0.05) is 32.2 Å². The van der Waals surface area contributed by atoms with Crippen molar-refractivity contribution in [3.8, 4) is 0 Å². The first-order valence-corrected chi connectivity index (χ1v) is 6.91. The Bertz CT molecular complexity index is 422. The van der Waals surface area contributed by atoms with E-state index in [0.29, 0.717) is 12.2 Å². The molecule has 0 N–H and O–H groups in total. The summed E-state index contributed by atoms with van der Waals surface area (Å²) in [4.78, 5) is 13.9. The molecular formula is C14H22N2O3. The van der Waals surface area contributed by atoms with Gasteiger partial charge >= 0.3 is 0 Å². The molecule has 0 bridgehead atoms. The summed E-state index contributed by atoms with van der Waals surface area (Å²) in [5.41, 5.74) is 0.377. The highest BCUT2D eigenvalue weighted by molar-refractivity contribution is 5.92. The molecule has 0 aliphatic carbocycles. The maximum absolute atomic E-state index is 12.2. The Morgan fingerprint density at radius 2 is 2.32 bits per heavy atom. The number of rotatable bonds is 4. The summed E-state index contributed by atoms with van der Waals surface area (Å²) in [5, 5.41) is 3.84. The molecule has 1 amide bonds. The van der Waals surface area contributed by atoms with Crippen molar-refractivity contribution in [2.45, 2.75) is 45.1 Å². The smallest absolute Gasteiger partial charge is 0.275 e. The number of hydrogen-bond donors (Lipinski definition) is 0. The second-order valence-electron chi connectivity index (χ2n) is 5.44. The van der Waals surface area contributed by atoms with E-state index in [2.05, 4.69) is 5.16 Å². The van der Waals surface area contributed by atoms with E-state index in [1.807, 2.05) is 13.8 Å². The number of likely N-dealkylation sites (N-methyl/N-ethyl adjacent to an activating group) is 1. The van der Waals surface area contributed by atoms with Crippen LogP contribution in [0.5, 0.6) is 0 Å². The average Bonchev–Trinajstić information content (AvgIpc) is 2.88. The highest BCUT2D eigenvalue weighted by Gasteiger charge is 2.22. The van der Waals surface area contributed by atoms with Gasteiger partial charge in [0.15, 0.2) is 5.69 Å². The molecule has 2 heterocycles. The Balaban J connectivity index is 1.93. The first-order valence-electron chi connectivity index (χ1n) is 6.91. The predicted octanol–water partition coefficient (Wildman–Crippen LogP) is 2.44. The van der Waals surface area contributed by atoms with Crippen LogP contribution in [0, 0.1) is 0 Å². The molecule has 0 spiro atoms. The summed E-state index contributed by atoms with van der Waals surface area (Å²) in [5.74, 6) is 0.872. The number of aromatic nitrogens is 1. The van der Waals surface area contributed by atoms with Gasteiger partial charge in [0.2, 0.25) is 0 Å². The van der Waals surface area contributed by atoms with E-state index >= 15 is 0 Å². The zero-order valence-corrected chi connectivity index (χ0v) is 11.9. The number of hydrogen-bond acceptors (Lipinski definition) is 4. The molecule has 1 saturated heterocycles. The Labute approximate surface area is 113 Å². The Morgan fingerprint density at radius 3 is 2.89 bits per heavy atom. The van der Waals surface area contributed by atoms with Crippen LogP contribution >= 0.6 is 0 Å². The fourth-order valence-corrected chi connectivity index (χ4v) is 2.20. The van der Waals surface area contributed by atoms with Gasteiger partial charge in [-0.2, -0.15) is 0 Å². The quantitative estimate of drug-likeness (QED) is 0.840. The van der Waals surface area contributed by atoms with E-state index in [4.69, 9.17) is 9.26 Å². The van der Waals surface area contributed by atoms with E-state index in [0.717, 1.165) is 25.2 Å². The van der Waals surface area contributed by atoms with Crippen LogP contribution in [0.2, 0.25) is 0 Å². The topological polar surface area (TPSA) is 55.6 Å². The van der Waals surface area contributed by atoms with Gasteiger partial charge in [-0.1, -0.05) is 19.0 Å². The van der Waals surface area contributed by atoms with Crippen LogP contribution in [0.3, 0.4) is 0 Å². The highest BCUT2D eigenvalue weighted by atomic mass is 16.5. The van der Waals surface area contributed by atoms with Crippen LogP contribution in [0.4, 0.5) is 0 Å². The number of ether oxygens (including phenoxy) is 1. The predicted molar refractivity (Wildman–Crippen MR) is 71.1 cm³/mol. The number of amides is 1. The summed E-state index contributed by atoms with van der Waals surface area (Å²) in [6.45, 7) is 5.43. The van der Waals surface area contributed by atoms with Crippen molar-refractivity contribution in [1.29, 1.82) is 0 Å². The van der Waals surface area contributed by atoms with Crippen molar-refractivity contribution in [2.24, 2.45) is 0 Å². The van der Waals surface area contributed by atoms with Gasteiger partial charge < -0.3 is 14.2 Å². The number of nitrogens with zero attached hydrogens (tertiary/aromatic N) is 2. The maximum Gasteiger partial charge on any atom is 0.275 e. The summed E-state index contributed by atoms with van der Waals surface area (Å²) < 4.78 is 10.8. The van der Waals surface area contributed by atoms with Crippen LogP contribution < -0.4 is 0 Å². The van der Waals surface area contributed by atoms with Gasteiger partial charge in [0.1, 0.15) is 5.76 Å². The average molecular weight is 266 g/mol. The fraction of sp³-hybridized carbons (Fsp3) is 0.714. The molecule has 0 radical (unpaired) electrons. The van der Waals surface area contributed by atoms with Crippen LogP contribution in [0.1, 0.15) is 55.3 Å². The molecule has 1 aliphatic heterocycles. The third kappa shape index (κ3) is 3.56. The SMILES string of the molecule is CC(C)c1cc(C(=O)N(C)C[C@@H]2CCCCO2)no1. The molecule has 106 valence electrons. The van der Waals surface area contributed by atoms with Gasteiger partial charge in [-0.15, -0.1) is 0 Å². The van der Waals surface area contributed by atoms with E-state index in [1.54, 1.807) is 18.0 Å². The van der Waals surface area contributed by atoms with E-state index in [-0.39, 0.29) is 17.9 Å². The first kappa shape index (κ1) is 14.1. The van der Waals surface area contributed by atoms with Crippen molar-refractivity contribution in [3.05, 3.63) is 17.5 Å². The van der Waals surface area contributed by atoms with E-state index in [1.165, 1.54) is 6.42 Å². The molecule has 0 saturated carbocycles. The van der Waals surface area contributed by atoms with Crippen LogP contribution in [0.25, 0.3) is 0 Å². The zero-order chi connectivity index (χ0) is 13.8. The fourth-order valence-electron chi connectivity index (χ4n) is 2.20. The Kier molecular flexibility index (Phi) is 4.58. The first-order chi connectivity index (χ1) is 9.08. The van der Waals surface area contributed by atoms with E-state index < -0.39 is 0 Å². The lowest BCUT2D eigenvalue weighted by Gasteiger charge is -2.26. The Hall–Kier alpha value is -1.36. The van der Waals surface area contributed by atoms with Gasteiger partial charge in [-0.25, -0.2) is 0 Å². The zero-order valence-electron chi connectivity index (χ0n) is 11.9. The molecule has 19 heavy (non-hydrogen) atoms. The molecule has 1 aromatic heterocycles. The number of carbonyl (C=O) groups excluding carboxylic acids is 1. The largest absolute Gasteiger partial charge is 0.376 e. The molecule has 2 rings (SSSR count). The van der Waals surface area contributed by atoms with Crippen LogP contribution in [-0.4, -0.2) is 42.3 Å². The van der Waals surface area contributed by atoms with Crippen LogP contribution in [0.15, 0.2) is 10.6 Å². The summed E-state index contributed by atoms with van der Waals surface area (Å²) >= 11 is 0. The minimum atomic E-state index is -0.107. The third-order valence-electron chi connectivity index (χ3n) is 3.41. The highest BCUT2D eigenvalue weighted by Crippen LogP contribution is 2.17. The lowest BCUT2D eigenvalue weighted by molar-refractivity contribution is -0.000359. The molecule has 5 heteroatoms. The second kappa shape index (κ2) is 6.19. The lowest BCUT2D eigenvalue weighted by atomic mass is 10.1. The standard InChI is InChI=1S/C14H22N2O3/c1-10(2)13-8-12(15-19-13)14(17)16(3)9-11-6-4-5-7-18-11/h8,10-11H,4-7,9H2,1-3H3/t11-/m0/s1. The maximum atomic E-state index is 12.2.